The van der Waals surface area contributed by atoms with Crippen LogP contribution in [0.1, 0.15) is 6.92 Å². The van der Waals surface area contributed by atoms with Crippen molar-refractivity contribution in [3.63, 3.8) is 0 Å². The Balaban J connectivity index is 2.34. The average molecular weight is 224 g/mol. The molecule has 1 N–H and O–H groups in total. The van der Waals surface area contributed by atoms with Crippen LogP contribution >= 0.6 is 11.8 Å². The molecule has 0 saturated carbocycles. The lowest BCUT2D eigenvalue weighted by atomic mass is 10.3. The molecule has 2 nitrogen and oxygen atoms in total. The van der Waals surface area contributed by atoms with Crippen molar-refractivity contribution in [1.29, 1.82) is 0 Å². The molecule has 1 rings (SSSR count). The fourth-order valence-corrected chi connectivity index (χ4v) is 2.76. The molecule has 1 fully saturated rings. The maximum absolute atomic E-state index is 13.2. The van der Waals surface area contributed by atoms with E-state index in [1.54, 1.807) is 7.05 Å². The molecule has 1 atom stereocenters. The maximum Gasteiger partial charge on any atom is 0.272 e. The Morgan fingerprint density at radius 1 is 1.57 bits per heavy atom. The first kappa shape index (κ1) is 12.2. The van der Waals surface area contributed by atoms with Gasteiger partial charge in [0.15, 0.2) is 0 Å². The summed E-state index contributed by atoms with van der Waals surface area (Å²) in [6.07, 6.45) is 0. The molecule has 0 bridgehead atoms. The number of rotatable bonds is 4. The van der Waals surface area contributed by atoms with Gasteiger partial charge >= 0.3 is 0 Å². The molecule has 0 aromatic rings. The fourth-order valence-electron chi connectivity index (χ4n) is 1.68. The lowest BCUT2D eigenvalue weighted by Crippen LogP contribution is -2.47. The topological polar surface area (TPSA) is 15.3 Å². The molecule has 14 heavy (non-hydrogen) atoms. The van der Waals surface area contributed by atoms with Gasteiger partial charge < -0.3 is 5.32 Å². The third kappa shape index (κ3) is 4.11. The van der Waals surface area contributed by atoms with Gasteiger partial charge in [0.2, 0.25) is 0 Å². The maximum atomic E-state index is 13.2. The van der Waals surface area contributed by atoms with E-state index in [1.807, 2.05) is 16.7 Å². The van der Waals surface area contributed by atoms with Gasteiger partial charge in [-0.3, -0.25) is 4.90 Å². The van der Waals surface area contributed by atoms with Gasteiger partial charge in [-0.25, -0.2) is 8.78 Å². The number of alkyl halides is 2. The van der Waals surface area contributed by atoms with Gasteiger partial charge in [0.05, 0.1) is 13.1 Å². The monoisotopic (exact) mass is 224 g/mol. The Labute approximate surface area is 88.4 Å². The number of halogens is 2. The van der Waals surface area contributed by atoms with Crippen LogP contribution < -0.4 is 5.32 Å². The molecule has 0 spiro atoms. The van der Waals surface area contributed by atoms with Crippen molar-refractivity contribution in [2.24, 2.45) is 0 Å². The first-order chi connectivity index (χ1) is 6.53. The van der Waals surface area contributed by atoms with Gasteiger partial charge in [-0.15, -0.1) is 0 Å². The first-order valence-electron chi connectivity index (χ1n) is 4.90. The Kier molecular flexibility index (Phi) is 4.60. The van der Waals surface area contributed by atoms with Crippen molar-refractivity contribution in [3.8, 4) is 0 Å². The van der Waals surface area contributed by atoms with Gasteiger partial charge in [-0.1, -0.05) is 6.92 Å². The van der Waals surface area contributed by atoms with E-state index in [0.29, 0.717) is 5.25 Å². The zero-order valence-electron chi connectivity index (χ0n) is 8.72. The van der Waals surface area contributed by atoms with Crippen molar-refractivity contribution in [3.05, 3.63) is 0 Å². The van der Waals surface area contributed by atoms with Crippen molar-refractivity contribution in [2.75, 3.05) is 39.0 Å². The first-order valence-corrected chi connectivity index (χ1v) is 5.95. The molecule has 0 radical (unpaired) electrons. The van der Waals surface area contributed by atoms with Crippen LogP contribution in [0.2, 0.25) is 0 Å². The third-order valence-corrected chi connectivity index (χ3v) is 3.35. The number of hydrogen-bond acceptors (Lipinski definition) is 3. The van der Waals surface area contributed by atoms with E-state index in [9.17, 15) is 8.78 Å². The zero-order chi connectivity index (χ0) is 10.6. The van der Waals surface area contributed by atoms with Crippen molar-refractivity contribution >= 4 is 11.8 Å². The SMILES string of the molecule is CNCC(F)(F)CN1CCSC(C)C1. The largest absolute Gasteiger partial charge is 0.314 e. The minimum absolute atomic E-state index is 0.112. The normalized spacial score (nSPS) is 25.3. The van der Waals surface area contributed by atoms with Crippen molar-refractivity contribution in [2.45, 2.75) is 18.1 Å². The minimum atomic E-state index is -2.60. The van der Waals surface area contributed by atoms with Gasteiger partial charge in [0.25, 0.3) is 5.92 Å². The predicted octanol–water partition coefficient (Wildman–Crippen LogP) is 1.28. The highest BCUT2D eigenvalue weighted by atomic mass is 32.2. The Morgan fingerprint density at radius 3 is 2.86 bits per heavy atom. The summed E-state index contributed by atoms with van der Waals surface area (Å²) in [6, 6.07) is 0. The Morgan fingerprint density at radius 2 is 2.29 bits per heavy atom. The second-order valence-corrected chi connectivity index (χ2v) is 5.35. The lowest BCUT2D eigenvalue weighted by Gasteiger charge is -2.33. The van der Waals surface area contributed by atoms with E-state index in [4.69, 9.17) is 0 Å². The predicted molar refractivity (Wildman–Crippen MR) is 57.2 cm³/mol. The van der Waals surface area contributed by atoms with Crippen LogP contribution in [0.3, 0.4) is 0 Å². The summed E-state index contributed by atoms with van der Waals surface area (Å²) in [5.74, 6) is -1.63. The van der Waals surface area contributed by atoms with Crippen LogP contribution in [0.25, 0.3) is 0 Å². The summed E-state index contributed by atoms with van der Waals surface area (Å²) >= 11 is 1.86. The summed E-state index contributed by atoms with van der Waals surface area (Å²) in [4.78, 5) is 1.86. The molecular formula is C9H18F2N2S. The fraction of sp³-hybridized carbons (Fsp3) is 1.00. The molecule has 1 aliphatic heterocycles. The molecule has 0 amide bonds. The standard InChI is InChI=1S/C9H18F2N2S/c1-8-5-13(3-4-14-8)7-9(10,11)6-12-2/h8,12H,3-7H2,1-2H3. The second-order valence-electron chi connectivity index (χ2n) is 3.80. The van der Waals surface area contributed by atoms with Gasteiger partial charge in [-0.2, -0.15) is 11.8 Å². The van der Waals surface area contributed by atoms with Crippen LogP contribution in [0, 0.1) is 0 Å². The molecule has 0 aliphatic carbocycles. The highest BCUT2D eigenvalue weighted by Gasteiger charge is 2.32. The summed E-state index contributed by atoms with van der Waals surface area (Å²) < 4.78 is 26.4. The van der Waals surface area contributed by atoms with Crippen molar-refractivity contribution < 1.29 is 8.78 Å². The summed E-state index contributed by atoms with van der Waals surface area (Å²) in [7, 11) is 1.56. The number of nitrogens with one attached hydrogen (secondary N) is 1. The van der Waals surface area contributed by atoms with Crippen molar-refractivity contribution in [1.82, 2.24) is 10.2 Å². The van der Waals surface area contributed by atoms with E-state index in [1.165, 1.54) is 0 Å². The van der Waals surface area contributed by atoms with E-state index in [-0.39, 0.29) is 13.1 Å². The van der Waals surface area contributed by atoms with Crippen LogP contribution in [0.4, 0.5) is 8.78 Å². The van der Waals surface area contributed by atoms with E-state index in [0.717, 1.165) is 18.8 Å². The number of hydrogen-bond donors (Lipinski definition) is 1. The van der Waals surface area contributed by atoms with Crippen LogP contribution in [-0.2, 0) is 0 Å². The Bertz CT molecular complexity index is 178. The molecule has 1 heterocycles. The zero-order valence-corrected chi connectivity index (χ0v) is 9.54. The quantitative estimate of drug-likeness (QED) is 0.774. The molecule has 5 heteroatoms. The number of nitrogens with zero attached hydrogens (tertiary/aromatic N) is 1. The minimum Gasteiger partial charge on any atom is -0.314 e. The molecule has 84 valence electrons. The molecule has 0 aromatic heterocycles. The molecule has 1 unspecified atom stereocenters. The van der Waals surface area contributed by atoms with Crippen LogP contribution in [-0.4, -0.2) is 55.1 Å². The van der Waals surface area contributed by atoms with E-state index < -0.39 is 5.92 Å². The highest BCUT2D eigenvalue weighted by Crippen LogP contribution is 2.21. The third-order valence-electron chi connectivity index (χ3n) is 2.22. The smallest absolute Gasteiger partial charge is 0.272 e. The van der Waals surface area contributed by atoms with E-state index in [2.05, 4.69) is 12.2 Å². The second kappa shape index (κ2) is 5.28. The lowest BCUT2D eigenvalue weighted by molar-refractivity contribution is -0.0281. The van der Waals surface area contributed by atoms with E-state index >= 15 is 0 Å². The average Bonchev–Trinajstić information content (AvgIpc) is 2.02. The number of thioether (sulfide) groups is 1. The van der Waals surface area contributed by atoms with Gasteiger partial charge in [-0.05, 0) is 7.05 Å². The summed E-state index contributed by atoms with van der Waals surface area (Å²) in [5, 5.41) is 3.01. The van der Waals surface area contributed by atoms with Crippen LogP contribution in [0.15, 0.2) is 0 Å². The van der Waals surface area contributed by atoms with Gasteiger partial charge in [0.1, 0.15) is 0 Å². The molecular weight excluding hydrogens is 206 g/mol. The summed E-state index contributed by atoms with van der Waals surface area (Å²) in [6.45, 7) is 3.31. The summed E-state index contributed by atoms with van der Waals surface area (Å²) in [5.41, 5.74) is 0. The molecule has 1 saturated heterocycles. The van der Waals surface area contributed by atoms with Crippen LogP contribution in [0.5, 0.6) is 0 Å². The highest BCUT2D eigenvalue weighted by molar-refractivity contribution is 7.99. The van der Waals surface area contributed by atoms with Gasteiger partial charge in [0, 0.05) is 24.1 Å². The molecule has 1 aliphatic rings. The Hall–Kier alpha value is 0.130. The molecule has 0 aromatic carbocycles.